The lowest BCUT2D eigenvalue weighted by Gasteiger charge is -2.40. The van der Waals surface area contributed by atoms with Gasteiger partial charge in [-0.3, -0.25) is 0 Å². The quantitative estimate of drug-likeness (QED) is 0.822. The zero-order valence-corrected chi connectivity index (χ0v) is 11.6. The lowest BCUT2D eigenvalue weighted by atomic mass is 9.70. The van der Waals surface area contributed by atoms with Gasteiger partial charge in [0, 0.05) is 0 Å². The third-order valence-electron chi connectivity index (χ3n) is 3.95. The second-order valence-corrected chi connectivity index (χ2v) is 5.72. The molecule has 2 rings (SSSR count). The van der Waals surface area contributed by atoms with Crippen molar-refractivity contribution in [3.8, 4) is 0 Å². The number of hydrogen-bond donors (Lipinski definition) is 1. The lowest BCUT2D eigenvalue weighted by Crippen LogP contribution is -2.37. The molecule has 1 aromatic rings. The van der Waals surface area contributed by atoms with Gasteiger partial charge in [-0.25, -0.2) is 0 Å². The third kappa shape index (κ3) is 2.47. The fourth-order valence-corrected chi connectivity index (χ4v) is 3.21. The predicted molar refractivity (Wildman–Crippen MR) is 72.6 cm³/mol. The molecule has 0 aromatic heterocycles. The standard InChI is InChI=1S/C14H18Cl2O/c1-2-10-5-3-4-8-14(10,17)11-6-7-12(15)13(16)9-11/h6-7,9-10,17H,2-5,8H2,1H3. The Morgan fingerprint density at radius 2 is 2.06 bits per heavy atom. The number of aliphatic hydroxyl groups is 1. The summed E-state index contributed by atoms with van der Waals surface area (Å²) in [6.45, 7) is 2.14. The first-order chi connectivity index (χ1) is 8.08. The maximum absolute atomic E-state index is 10.9. The molecule has 1 aliphatic rings. The Morgan fingerprint density at radius 1 is 1.29 bits per heavy atom. The molecule has 0 spiro atoms. The van der Waals surface area contributed by atoms with Crippen molar-refractivity contribution < 1.29 is 5.11 Å². The van der Waals surface area contributed by atoms with Gasteiger partial charge >= 0.3 is 0 Å². The second-order valence-electron chi connectivity index (χ2n) is 4.90. The molecule has 0 bridgehead atoms. The molecule has 0 amide bonds. The Labute approximate surface area is 113 Å². The maximum Gasteiger partial charge on any atom is 0.0925 e. The third-order valence-corrected chi connectivity index (χ3v) is 4.69. The van der Waals surface area contributed by atoms with Crippen molar-refractivity contribution in [2.75, 3.05) is 0 Å². The van der Waals surface area contributed by atoms with Crippen LogP contribution in [0.15, 0.2) is 18.2 Å². The summed E-state index contributed by atoms with van der Waals surface area (Å²) in [4.78, 5) is 0. The van der Waals surface area contributed by atoms with Gasteiger partial charge in [0.1, 0.15) is 0 Å². The summed E-state index contributed by atoms with van der Waals surface area (Å²) in [5.74, 6) is 0.327. The molecule has 1 saturated carbocycles. The van der Waals surface area contributed by atoms with Crippen molar-refractivity contribution in [1.82, 2.24) is 0 Å². The molecule has 2 atom stereocenters. The van der Waals surface area contributed by atoms with E-state index in [0.717, 1.165) is 31.2 Å². The van der Waals surface area contributed by atoms with Crippen molar-refractivity contribution in [3.05, 3.63) is 33.8 Å². The summed E-state index contributed by atoms with van der Waals surface area (Å²) in [5.41, 5.74) is 0.194. The Hall–Kier alpha value is -0.240. The van der Waals surface area contributed by atoms with E-state index in [2.05, 4.69) is 6.92 Å². The largest absolute Gasteiger partial charge is 0.385 e. The van der Waals surface area contributed by atoms with Gasteiger partial charge in [0.25, 0.3) is 0 Å². The van der Waals surface area contributed by atoms with Gasteiger partial charge in [0.15, 0.2) is 0 Å². The molecule has 94 valence electrons. The minimum absolute atomic E-state index is 0.327. The van der Waals surface area contributed by atoms with E-state index in [9.17, 15) is 5.11 Å². The van der Waals surface area contributed by atoms with Crippen LogP contribution >= 0.6 is 23.2 Å². The molecule has 3 heteroatoms. The Kier molecular flexibility index (Phi) is 4.02. The molecule has 0 saturated heterocycles. The first kappa shape index (κ1) is 13.2. The van der Waals surface area contributed by atoms with E-state index in [-0.39, 0.29) is 0 Å². The number of rotatable bonds is 2. The second kappa shape index (κ2) is 5.17. The number of halogens is 2. The van der Waals surface area contributed by atoms with Crippen LogP contribution in [0.1, 0.15) is 44.6 Å². The molecule has 1 fully saturated rings. The molecule has 2 unspecified atom stereocenters. The first-order valence-corrected chi connectivity index (χ1v) is 7.01. The van der Waals surface area contributed by atoms with Crippen LogP contribution in [0.2, 0.25) is 10.0 Å². The number of benzene rings is 1. The minimum Gasteiger partial charge on any atom is -0.385 e. The van der Waals surface area contributed by atoms with Gasteiger partial charge in [-0.1, -0.05) is 55.5 Å². The van der Waals surface area contributed by atoms with Gasteiger partial charge < -0.3 is 5.11 Å². The Morgan fingerprint density at radius 3 is 2.71 bits per heavy atom. The summed E-state index contributed by atoms with van der Waals surface area (Å²) in [6.07, 6.45) is 5.20. The molecule has 0 heterocycles. The molecule has 0 aliphatic heterocycles. The van der Waals surface area contributed by atoms with Crippen molar-refractivity contribution in [3.63, 3.8) is 0 Å². The highest BCUT2D eigenvalue weighted by molar-refractivity contribution is 6.42. The van der Waals surface area contributed by atoms with Crippen LogP contribution in [0.5, 0.6) is 0 Å². The molecule has 0 radical (unpaired) electrons. The van der Waals surface area contributed by atoms with Gasteiger partial charge in [0.2, 0.25) is 0 Å². The van der Waals surface area contributed by atoms with Gasteiger partial charge in [-0.15, -0.1) is 0 Å². The minimum atomic E-state index is -0.721. The molecule has 1 aromatic carbocycles. The maximum atomic E-state index is 10.9. The van der Waals surface area contributed by atoms with Gasteiger partial charge in [0.05, 0.1) is 15.6 Å². The van der Waals surface area contributed by atoms with Crippen LogP contribution in [0, 0.1) is 5.92 Å². The van der Waals surface area contributed by atoms with E-state index >= 15 is 0 Å². The topological polar surface area (TPSA) is 20.2 Å². The van der Waals surface area contributed by atoms with Gasteiger partial charge in [-0.2, -0.15) is 0 Å². The Balaban J connectivity index is 2.37. The summed E-state index contributed by atoms with van der Waals surface area (Å²) in [7, 11) is 0. The van der Waals surface area contributed by atoms with Crippen molar-refractivity contribution in [2.24, 2.45) is 5.92 Å². The average Bonchev–Trinajstić information content (AvgIpc) is 2.33. The van der Waals surface area contributed by atoms with Crippen LogP contribution in [-0.2, 0) is 5.60 Å². The Bertz CT molecular complexity index is 405. The van der Waals surface area contributed by atoms with E-state index < -0.39 is 5.60 Å². The molecule has 1 aliphatic carbocycles. The lowest BCUT2D eigenvalue weighted by molar-refractivity contribution is -0.0557. The fourth-order valence-electron chi connectivity index (χ4n) is 2.92. The molecule has 17 heavy (non-hydrogen) atoms. The van der Waals surface area contributed by atoms with E-state index in [0.29, 0.717) is 16.0 Å². The average molecular weight is 273 g/mol. The zero-order valence-electron chi connectivity index (χ0n) is 10.0. The zero-order chi connectivity index (χ0) is 12.5. The predicted octanol–water partition coefficient (Wildman–Crippen LogP) is 4.78. The van der Waals surface area contributed by atoms with E-state index in [1.54, 1.807) is 6.07 Å². The van der Waals surface area contributed by atoms with E-state index in [1.165, 1.54) is 6.42 Å². The summed E-state index contributed by atoms with van der Waals surface area (Å²) < 4.78 is 0. The van der Waals surface area contributed by atoms with Crippen molar-refractivity contribution >= 4 is 23.2 Å². The van der Waals surface area contributed by atoms with E-state index in [1.807, 2.05) is 12.1 Å². The summed E-state index contributed by atoms with van der Waals surface area (Å²) in [6, 6.07) is 5.50. The van der Waals surface area contributed by atoms with Crippen LogP contribution in [0.25, 0.3) is 0 Å². The van der Waals surface area contributed by atoms with Crippen LogP contribution in [-0.4, -0.2) is 5.11 Å². The van der Waals surface area contributed by atoms with E-state index in [4.69, 9.17) is 23.2 Å². The fraction of sp³-hybridized carbons (Fsp3) is 0.571. The van der Waals surface area contributed by atoms with Gasteiger partial charge in [-0.05, 0) is 36.5 Å². The van der Waals surface area contributed by atoms with Crippen LogP contribution < -0.4 is 0 Å². The van der Waals surface area contributed by atoms with Crippen LogP contribution in [0.3, 0.4) is 0 Å². The summed E-state index contributed by atoms with van der Waals surface area (Å²) >= 11 is 12.0. The molecule has 1 nitrogen and oxygen atoms in total. The van der Waals surface area contributed by atoms with Crippen molar-refractivity contribution in [2.45, 2.75) is 44.6 Å². The van der Waals surface area contributed by atoms with Crippen molar-refractivity contribution in [1.29, 1.82) is 0 Å². The summed E-state index contributed by atoms with van der Waals surface area (Å²) in [5, 5.41) is 12.0. The number of hydrogen-bond acceptors (Lipinski definition) is 1. The highest BCUT2D eigenvalue weighted by atomic mass is 35.5. The normalized spacial score (nSPS) is 29.3. The smallest absolute Gasteiger partial charge is 0.0925 e. The molecular formula is C14H18Cl2O. The highest BCUT2D eigenvalue weighted by Crippen LogP contribution is 2.44. The highest BCUT2D eigenvalue weighted by Gasteiger charge is 2.39. The van der Waals surface area contributed by atoms with Crippen LogP contribution in [0.4, 0.5) is 0 Å². The molecular weight excluding hydrogens is 255 g/mol. The molecule has 1 N–H and O–H groups in total. The first-order valence-electron chi connectivity index (χ1n) is 6.26. The SMILES string of the molecule is CCC1CCCCC1(O)c1ccc(Cl)c(Cl)c1. The monoisotopic (exact) mass is 272 g/mol.